The number of carbonyl (C=O) groups is 1. The third kappa shape index (κ3) is 5.67. The molecule has 0 saturated carbocycles. The number of rotatable bonds is 9. The molecule has 0 radical (unpaired) electrons. The van der Waals surface area contributed by atoms with Crippen molar-refractivity contribution < 1.29 is 18.3 Å². The molecule has 0 aliphatic rings. The summed E-state index contributed by atoms with van der Waals surface area (Å²) >= 11 is 6.04. The number of nitrogens with one attached hydrogen (secondary N) is 1. The van der Waals surface area contributed by atoms with Crippen LogP contribution in [-0.2, 0) is 19.6 Å². The maximum atomic E-state index is 13.2. The van der Waals surface area contributed by atoms with Gasteiger partial charge in [-0.1, -0.05) is 41.9 Å². The van der Waals surface area contributed by atoms with Crippen LogP contribution in [0.4, 0.5) is 10.3 Å². The molecule has 2 aromatic carbocycles. The number of ether oxygens (including phenoxy) is 1. The molecule has 0 atom stereocenters. The minimum absolute atomic E-state index is 0.103. The summed E-state index contributed by atoms with van der Waals surface area (Å²) in [5.41, 5.74) is 1.69. The highest BCUT2D eigenvalue weighted by Crippen LogP contribution is 2.21. The first-order valence-corrected chi connectivity index (χ1v) is 10.4. The maximum Gasteiger partial charge on any atom is 0.293 e. The number of hydrogen-bond acceptors (Lipinski definition) is 5. The SMILES string of the molecule is C=CCc1ccccc1OCc1ccc(C(=O)Nc2ncn(Cc3ccc(F)cc3Cl)n2)o1. The molecule has 0 spiro atoms. The van der Waals surface area contributed by atoms with Gasteiger partial charge in [-0.15, -0.1) is 11.7 Å². The number of carbonyl (C=O) groups excluding carboxylic acids is 1. The van der Waals surface area contributed by atoms with Crippen LogP contribution in [0.5, 0.6) is 5.75 Å². The quantitative estimate of drug-likeness (QED) is 0.340. The number of nitrogens with zero attached hydrogens (tertiary/aromatic N) is 3. The zero-order valence-corrected chi connectivity index (χ0v) is 18.3. The van der Waals surface area contributed by atoms with E-state index in [0.29, 0.717) is 17.7 Å². The fraction of sp³-hybridized carbons (Fsp3) is 0.125. The summed E-state index contributed by atoms with van der Waals surface area (Å²) in [5, 5.41) is 7.06. The second kappa shape index (κ2) is 10.1. The zero-order chi connectivity index (χ0) is 23.2. The lowest BCUT2D eigenvalue weighted by Gasteiger charge is -2.08. The second-order valence-electron chi connectivity index (χ2n) is 7.11. The first-order chi connectivity index (χ1) is 16.0. The van der Waals surface area contributed by atoms with Gasteiger partial charge in [0.1, 0.15) is 30.3 Å². The first-order valence-electron chi connectivity index (χ1n) is 10.1. The minimum Gasteiger partial charge on any atom is -0.485 e. The van der Waals surface area contributed by atoms with Crippen molar-refractivity contribution in [2.24, 2.45) is 0 Å². The summed E-state index contributed by atoms with van der Waals surface area (Å²) in [5.74, 6) is 0.524. The van der Waals surface area contributed by atoms with Gasteiger partial charge >= 0.3 is 0 Å². The fourth-order valence-electron chi connectivity index (χ4n) is 3.11. The highest BCUT2D eigenvalue weighted by atomic mass is 35.5. The van der Waals surface area contributed by atoms with Crippen LogP contribution in [0.3, 0.4) is 0 Å². The van der Waals surface area contributed by atoms with Crippen LogP contribution in [0.2, 0.25) is 5.02 Å². The summed E-state index contributed by atoms with van der Waals surface area (Å²) in [7, 11) is 0. The lowest BCUT2D eigenvalue weighted by molar-refractivity contribution is 0.0991. The van der Waals surface area contributed by atoms with Crippen LogP contribution < -0.4 is 10.1 Å². The summed E-state index contributed by atoms with van der Waals surface area (Å²) in [6, 6.07) is 15.0. The third-order valence-corrected chi connectivity index (χ3v) is 5.05. The number of hydrogen-bond donors (Lipinski definition) is 1. The highest BCUT2D eigenvalue weighted by Gasteiger charge is 2.15. The monoisotopic (exact) mass is 466 g/mol. The lowest BCUT2D eigenvalue weighted by atomic mass is 10.1. The Bertz CT molecular complexity index is 1280. The molecular weight excluding hydrogens is 447 g/mol. The van der Waals surface area contributed by atoms with Gasteiger partial charge in [0.2, 0.25) is 5.95 Å². The van der Waals surface area contributed by atoms with E-state index < -0.39 is 11.7 Å². The average molecular weight is 467 g/mol. The number of furan rings is 1. The van der Waals surface area contributed by atoms with Gasteiger partial charge in [0, 0.05) is 5.02 Å². The molecule has 1 N–H and O–H groups in total. The largest absolute Gasteiger partial charge is 0.485 e. The van der Waals surface area contributed by atoms with Gasteiger partial charge in [0.25, 0.3) is 5.91 Å². The van der Waals surface area contributed by atoms with E-state index in [9.17, 15) is 9.18 Å². The Kier molecular flexibility index (Phi) is 6.85. The first kappa shape index (κ1) is 22.3. The summed E-state index contributed by atoms with van der Waals surface area (Å²) in [6.07, 6.45) is 3.94. The molecule has 0 saturated heterocycles. The molecule has 2 heterocycles. The second-order valence-corrected chi connectivity index (χ2v) is 7.52. The molecule has 0 aliphatic heterocycles. The average Bonchev–Trinajstić information content (AvgIpc) is 3.45. The fourth-order valence-corrected chi connectivity index (χ4v) is 3.34. The predicted molar refractivity (Wildman–Crippen MR) is 122 cm³/mol. The molecule has 1 amide bonds. The number of halogens is 2. The van der Waals surface area contributed by atoms with Gasteiger partial charge in [-0.25, -0.2) is 14.1 Å². The molecule has 0 bridgehead atoms. The van der Waals surface area contributed by atoms with Gasteiger partial charge in [0.05, 0.1) is 6.54 Å². The number of aromatic nitrogens is 3. The molecule has 0 fully saturated rings. The molecule has 2 aromatic heterocycles. The van der Waals surface area contributed by atoms with Gasteiger partial charge in [-0.05, 0) is 47.9 Å². The van der Waals surface area contributed by atoms with E-state index in [1.807, 2.05) is 24.3 Å². The van der Waals surface area contributed by atoms with Crippen molar-refractivity contribution in [1.29, 1.82) is 0 Å². The predicted octanol–water partition coefficient (Wildman–Crippen LogP) is 5.27. The maximum absolute atomic E-state index is 13.2. The molecular formula is C24H20ClFN4O3. The van der Waals surface area contributed by atoms with E-state index in [4.69, 9.17) is 20.8 Å². The topological polar surface area (TPSA) is 82.2 Å². The van der Waals surface area contributed by atoms with Crippen molar-refractivity contribution in [3.05, 3.63) is 107 Å². The molecule has 0 unspecified atom stereocenters. The van der Waals surface area contributed by atoms with Crippen LogP contribution >= 0.6 is 11.6 Å². The Hall–Kier alpha value is -3.91. The molecule has 9 heteroatoms. The normalized spacial score (nSPS) is 10.7. The molecule has 168 valence electrons. The number of allylic oxidation sites excluding steroid dienone is 1. The number of benzene rings is 2. The van der Waals surface area contributed by atoms with Crippen molar-refractivity contribution in [2.45, 2.75) is 19.6 Å². The Morgan fingerprint density at radius 2 is 2.06 bits per heavy atom. The van der Waals surface area contributed by atoms with E-state index in [2.05, 4.69) is 22.0 Å². The van der Waals surface area contributed by atoms with E-state index in [1.165, 1.54) is 23.1 Å². The van der Waals surface area contributed by atoms with Crippen molar-refractivity contribution in [2.75, 3.05) is 5.32 Å². The van der Waals surface area contributed by atoms with Crippen LogP contribution in [-0.4, -0.2) is 20.7 Å². The molecule has 0 aliphatic carbocycles. The third-order valence-electron chi connectivity index (χ3n) is 4.70. The Balaban J connectivity index is 1.35. The van der Waals surface area contributed by atoms with Crippen molar-refractivity contribution >= 4 is 23.5 Å². The van der Waals surface area contributed by atoms with Crippen LogP contribution in [0.25, 0.3) is 0 Å². The van der Waals surface area contributed by atoms with E-state index >= 15 is 0 Å². The Morgan fingerprint density at radius 3 is 2.88 bits per heavy atom. The molecule has 33 heavy (non-hydrogen) atoms. The van der Waals surface area contributed by atoms with Gasteiger partial charge in [0.15, 0.2) is 5.76 Å². The van der Waals surface area contributed by atoms with Gasteiger partial charge < -0.3 is 9.15 Å². The van der Waals surface area contributed by atoms with Crippen LogP contribution in [0.15, 0.2) is 78.0 Å². The van der Waals surface area contributed by atoms with Crippen molar-refractivity contribution in [3.8, 4) is 5.75 Å². The number of amides is 1. The Morgan fingerprint density at radius 1 is 1.21 bits per heavy atom. The summed E-state index contributed by atoms with van der Waals surface area (Å²) in [6.45, 7) is 4.20. The molecule has 7 nitrogen and oxygen atoms in total. The van der Waals surface area contributed by atoms with E-state index in [1.54, 1.807) is 24.3 Å². The molecule has 4 aromatic rings. The smallest absolute Gasteiger partial charge is 0.293 e. The van der Waals surface area contributed by atoms with Crippen molar-refractivity contribution in [3.63, 3.8) is 0 Å². The van der Waals surface area contributed by atoms with Gasteiger partial charge in [-0.3, -0.25) is 10.1 Å². The summed E-state index contributed by atoms with van der Waals surface area (Å²) < 4.78 is 26.1. The lowest BCUT2D eigenvalue weighted by Crippen LogP contribution is -2.12. The summed E-state index contributed by atoms with van der Waals surface area (Å²) in [4.78, 5) is 16.6. The van der Waals surface area contributed by atoms with Crippen LogP contribution in [0.1, 0.15) is 27.4 Å². The Labute approximate surface area is 194 Å². The van der Waals surface area contributed by atoms with E-state index in [0.717, 1.165) is 11.3 Å². The number of para-hydroxylation sites is 1. The van der Waals surface area contributed by atoms with Crippen molar-refractivity contribution in [1.82, 2.24) is 14.8 Å². The number of anilines is 1. The molecule has 4 rings (SSSR count). The standard InChI is InChI=1S/C24H20ClFN4O3/c1-2-5-16-6-3-4-7-21(16)32-14-19-10-11-22(33-19)23(31)28-24-27-15-30(29-24)13-17-8-9-18(26)12-20(17)25/h2-4,6-12,15H,1,5,13-14H2,(H,28,29,31). The van der Waals surface area contributed by atoms with Gasteiger partial charge in [-0.2, -0.15) is 0 Å². The zero-order valence-electron chi connectivity index (χ0n) is 17.5. The highest BCUT2D eigenvalue weighted by molar-refractivity contribution is 6.31. The van der Waals surface area contributed by atoms with E-state index in [-0.39, 0.29) is 29.9 Å². The minimum atomic E-state index is -0.495. The van der Waals surface area contributed by atoms with Crippen LogP contribution in [0, 0.1) is 5.82 Å².